The lowest BCUT2D eigenvalue weighted by Crippen LogP contribution is -2.27. The molecule has 0 aliphatic carbocycles. The van der Waals surface area contributed by atoms with Gasteiger partial charge in [0.15, 0.2) is 0 Å². The molecule has 1 aromatic rings. The average molecular weight is 268 g/mol. The second-order valence-corrected chi connectivity index (χ2v) is 5.12. The van der Waals surface area contributed by atoms with Gasteiger partial charge in [-0.1, -0.05) is 0 Å². The van der Waals surface area contributed by atoms with Crippen molar-refractivity contribution in [2.24, 2.45) is 0 Å². The summed E-state index contributed by atoms with van der Waals surface area (Å²) in [6.45, 7) is 7.07. The Bertz CT molecular complexity index is 454. The van der Waals surface area contributed by atoms with Crippen molar-refractivity contribution < 1.29 is 19.4 Å². The van der Waals surface area contributed by atoms with Gasteiger partial charge < -0.3 is 14.6 Å². The summed E-state index contributed by atoms with van der Waals surface area (Å²) >= 11 is 0. The maximum Gasteiger partial charge on any atom is 0.412 e. The van der Waals surface area contributed by atoms with Gasteiger partial charge in [0, 0.05) is 12.7 Å². The van der Waals surface area contributed by atoms with Gasteiger partial charge in [0.25, 0.3) is 0 Å². The largest absolute Gasteiger partial charge is 0.506 e. The minimum Gasteiger partial charge on any atom is -0.506 e. The fourth-order valence-electron chi connectivity index (χ4n) is 1.52. The van der Waals surface area contributed by atoms with Gasteiger partial charge in [0.2, 0.25) is 0 Å². The number of ether oxygens (including phenoxy) is 2. The van der Waals surface area contributed by atoms with Crippen molar-refractivity contribution in [1.82, 2.24) is 4.98 Å². The van der Waals surface area contributed by atoms with E-state index in [4.69, 9.17) is 9.47 Å². The van der Waals surface area contributed by atoms with Crippen LogP contribution in [0.4, 0.5) is 10.5 Å². The Balaban J connectivity index is 2.95. The molecule has 0 aliphatic heterocycles. The molecule has 1 atom stereocenters. The summed E-state index contributed by atoms with van der Waals surface area (Å²) < 4.78 is 10.3. The highest BCUT2D eigenvalue weighted by atomic mass is 16.6. The van der Waals surface area contributed by atoms with Crippen LogP contribution in [-0.4, -0.2) is 28.9 Å². The third-order valence-corrected chi connectivity index (χ3v) is 2.36. The van der Waals surface area contributed by atoms with Crippen LogP contribution in [0.15, 0.2) is 12.4 Å². The topological polar surface area (TPSA) is 80.7 Å². The van der Waals surface area contributed by atoms with E-state index in [0.29, 0.717) is 11.3 Å². The van der Waals surface area contributed by atoms with Crippen LogP contribution in [0.5, 0.6) is 5.75 Å². The molecule has 0 aliphatic rings. The van der Waals surface area contributed by atoms with Crippen LogP contribution in [0.2, 0.25) is 0 Å². The Kier molecular flexibility index (Phi) is 4.72. The van der Waals surface area contributed by atoms with E-state index in [1.54, 1.807) is 27.7 Å². The Hall–Kier alpha value is -1.82. The third kappa shape index (κ3) is 4.40. The van der Waals surface area contributed by atoms with Gasteiger partial charge in [0.05, 0.1) is 24.2 Å². The third-order valence-electron chi connectivity index (χ3n) is 2.36. The van der Waals surface area contributed by atoms with E-state index in [2.05, 4.69) is 10.3 Å². The van der Waals surface area contributed by atoms with Gasteiger partial charge in [-0.05, 0) is 27.7 Å². The van der Waals surface area contributed by atoms with Gasteiger partial charge in [-0.25, -0.2) is 4.79 Å². The first-order valence-corrected chi connectivity index (χ1v) is 5.94. The zero-order valence-electron chi connectivity index (χ0n) is 11.9. The van der Waals surface area contributed by atoms with Crippen molar-refractivity contribution in [2.45, 2.75) is 39.4 Å². The maximum absolute atomic E-state index is 11.7. The van der Waals surface area contributed by atoms with Crippen molar-refractivity contribution in [1.29, 1.82) is 0 Å². The average Bonchev–Trinajstić information content (AvgIpc) is 2.25. The number of aromatic hydroxyl groups is 1. The molecule has 1 unspecified atom stereocenters. The van der Waals surface area contributed by atoms with Gasteiger partial charge in [0.1, 0.15) is 11.4 Å². The summed E-state index contributed by atoms with van der Waals surface area (Å²) in [6, 6.07) is 0. The number of anilines is 1. The van der Waals surface area contributed by atoms with Gasteiger partial charge >= 0.3 is 6.09 Å². The molecule has 0 saturated heterocycles. The van der Waals surface area contributed by atoms with Crippen molar-refractivity contribution in [3.05, 3.63) is 18.0 Å². The molecule has 106 valence electrons. The van der Waals surface area contributed by atoms with Crippen molar-refractivity contribution in [3.8, 4) is 5.75 Å². The molecule has 0 aromatic carbocycles. The standard InChI is InChI=1S/C13H20N2O4/c1-8(18-5)11-9(6-14-7-10(11)16)15-12(17)19-13(2,3)4/h6-8,16H,1-5H3,(H,15,17). The molecule has 1 rings (SSSR count). The van der Waals surface area contributed by atoms with Crippen molar-refractivity contribution in [3.63, 3.8) is 0 Å². The number of nitrogens with zero attached hydrogens (tertiary/aromatic N) is 1. The highest BCUT2D eigenvalue weighted by molar-refractivity contribution is 5.86. The maximum atomic E-state index is 11.7. The lowest BCUT2D eigenvalue weighted by Gasteiger charge is -2.21. The number of methoxy groups -OCH3 is 1. The quantitative estimate of drug-likeness (QED) is 0.881. The van der Waals surface area contributed by atoms with Crippen LogP contribution in [0.25, 0.3) is 0 Å². The molecular formula is C13H20N2O4. The number of pyridine rings is 1. The van der Waals surface area contributed by atoms with Gasteiger partial charge in [-0.2, -0.15) is 0 Å². The highest BCUT2D eigenvalue weighted by Crippen LogP contribution is 2.32. The van der Waals surface area contributed by atoms with Crippen LogP contribution < -0.4 is 5.32 Å². The summed E-state index contributed by atoms with van der Waals surface area (Å²) in [4.78, 5) is 15.6. The molecule has 0 fully saturated rings. The Morgan fingerprint density at radius 3 is 2.58 bits per heavy atom. The number of carbonyl (C=O) groups is 1. The summed E-state index contributed by atoms with van der Waals surface area (Å²) in [5, 5.41) is 12.4. The number of hydrogen-bond acceptors (Lipinski definition) is 5. The van der Waals surface area contributed by atoms with Gasteiger partial charge in [-0.3, -0.25) is 10.3 Å². The van der Waals surface area contributed by atoms with Crippen LogP contribution in [-0.2, 0) is 9.47 Å². The minimum atomic E-state index is -0.607. The van der Waals surface area contributed by atoms with E-state index in [1.807, 2.05) is 0 Å². The number of nitrogens with one attached hydrogen (secondary N) is 1. The molecule has 6 heteroatoms. The number of amides is 1. The molecule has 0 bridgehead atoms. The first-order valence-electron chi connectivity index (χ1n) is 5.94. The SMILES string of the molecule is COC(C)c1c(O)cncc1NC(=O)OC(C)(C)C. The molecular weight excluding hydrogens is 248 g/mol. The molecule has 1 heterocycles. The van der Waals surface area contributed by atoms with Crippen molar-refractivity contribution >= 4 is 11.8 Å². The number of aromatic nitrogens is 1. The minimum absolute atomic E-state index is 0.0390. The Labute approximate surface area is 112 Å². The zero-order chi connectivity index (χ0) is 14.6. The zero-order valence-corrected chi connectivity index (χ0v) is 11.9. The van der Waals surface area contributed by atoms with Crippen LogP contribution in [0.1, 0.15) is 39.4 Å². The number of carbonyl (C=O) groups excluding carboxylic acids is 1. The van der Waals surface area contributed by atoms with Crippen LogP contribution in [0.3, 0.4) is 0 Å². The van der Waals surface area contributed by atoms with E-state index in [9.17, 15) is 9.90 Å². The molecule has 0 saturated carbocycles. The fourth-order valence-corrected chi connectivity index (χ4v) is 1.52. The number of rotatable bonds is 3. The Morgan fingerprint density at radius 1 is 1.42 bits per heavy atom. The first kappa shape index (κ1) is 15.2. The van der Waals surface area contributed by atoms with Gasteiger partial charge in [-0.15, -0.1) is 0 Å². The molecule has 0 radical (unpaired) electrons. The van der Waals surface area contributed by atoms with E-state index in [1.165, 1.54) is 19.5 Å². The fraction of sp³-hybridized carbons (Fsp3) is 0.538. The molecule has 6 nitrogen and oxygen atoms in total. The molecule has 1 amide bonds. The molecule has 19 heavy (non-hydrogen) atoms. The highest BCUT2D eigenvalue weighted by Gasteiger charge is 2.20. The summed E-state index contributed by atoms with van der Waals surface area (Å²) in [7, 11) is 1.52. The predicted molar refractivity (Wildman–Crippen MR) is 71.2 cm³/mol. The van der Waals surface area contributed by atoms with E-state index in [0.717, 1.165) is 0 Å². The second kappa shape index (κ2) is 5.88. The normalized spacial score (nSPS) is 12.9. The lowest BCUT2D eigenvalue weighted by atomic mass is 10.1. The lowest BCUT2D eigenvalue weighted by molar-refractivity contribution is 0.0635. The molecule has 1 aromatic heterocycles. The van der Waals surface area contributed by atoms with E-state index in [-0.39, 0.29) is 11.9 Å². The van der Waals surface area contributed by atoms with E-state index < -0.39 is 11.7 Å². The second-order valence-electron chi connectivity index (χ2n) is 5.12. The van der Waals surface area contributed by atoms with Crippen molar-refractivity contribution in [2.75, 3.05) is 12.4 Å². The van der Waals surface area contributed by atoms with Crippen LogP contribution >= 0.6 is 0 Å². The summed E-state index contributed by atoms with van der Waals surface area (Å²) in [5.74, 6) is -0.0390. The predicted octanol–water partition coefficient (Wildman–Crippen LogP) is 2.84. The molecule has 0 spiro atoms. The summed E-state index contributed by atoms with van der Waals surface area (Å²) in [6.07, 6.45) is 1.75. The number of hydrogen-bond donors (Lipinski definition) is 2. The smallest absolute Gasteiger partial charge is 0.412 e. The van der Waals surface area contributed by atoms with E-state index >= 15 is 0 Å². The summed E-state index contributed by atoms with van der Waals surface area (Å²) in [5.41, 5.74) is 0.230. The first-order chi connectivity index (χ1) is 8.74. The Morgan fingerprint density at radius 2 is 2.05 bits per heavy atom. The van der Waals surface area contributed by atoms with Crippen LogP contribution in [0, 0.1) is 0 Å². The molecule has 2 N–H and O–H groups in total. The monoisotopic (exact) mass is 268 g/mol.